The van der Waals surface area contributed by atoms with Crippen LogP contribution in [0.3, 0.4) is 0 Å². The van der Waals surface area contributed by atoms with Gasteiger partial charge in [-0.3, -0.25) is 10.3 Å². The molecule has 0 aromatic heterocycles. The van der Waals surface area contributed by atoms with Crippen molar-refractivity contribution >= 4 is 15.7 Å². The Morgan fingerprint density at radius 2 is 1.88 bits per heavy atom. The number of nitrogens with zero attached hydrogens (tertiary/aromatic N) is 1. The van der Waals surface area contributed by atoms with E-state index in [-0.39, 0.29) is 24.6 Å². The molecule has 7 nitrogen and oxygen atoms in total. The van der Waals surface area contributed by atoms with Crippen LogP contribution < -0.4 is 16.5 Å². The molecule has 0 atom stereocenters. The Morgan fingerprint density at radius 3 is 2.50 bits per heavy atom. The van der Waals surface area contributed by atoms with E-state index in [1.807, 2.05) is 0 Å². The molecule has 0 radical (unpaired) electrons. The zero-order chi connectivity index (χ0) is 23.2. The van der Waals surface area contributed by atoms with Crippen LogP contribution in [0, 0.1) is 0 Å². The van der Waals surface area contributed by atoms with E-state index in [0.717, 1.165) is 17.8 Å². The number of rotatable bonds is 9. The number of hydroxylamine groups is 1. The van der Waals surface area contributed by atoms with Gasteiger partial charge in [0.25, 0.3) is 0 Å². The van der Waals surface area contributed by atoms with E-state index in [4.69, 9.17) is 10.6 Å². The molecule has 0 saturated carbocycles. The summed E-state index contributed by atoms with van der Waals surface area (Å²) < 4.78 is 65.4. The lowest BCUT2D eigenvalue weighted by Crippen LogP contribution is -2.36. The Labute approximate surface area is 185 Å². The molecule has 1 aliphatic heterocycles. The highest BCUT2D eigenvalue weighted by atomic mass is 32.2. The molecule has 32 heavy (non-hydrogen) atoms. The first kappa shape index (κ1) is 24.1. The number of halogens is 3. The summed E-state index contributed by atoms with van der Waals surface area (Å²) in [4.78, 5) is 5.50. The normalized spacial score (nSPS) is 15.3. The molecule has 0 saturated heterocycles. The van der Waals surface area contributed by atoms with Crippen LogP contribution in [-0.4, -0.2) is 38.9 Å². The molecular weight excluding hydrogens is 445 g/mol. The van der Waals surface area contributed by atoms with Crippen molar-refractivity contribution in [1.82, 2.24) is 9.79 Å². The third-order valence-corrected chi connectivity index (χ3v) is 6.71. The lowest BCUT2D eigenvalue weighted by molar-refractivity contribution is -0.137. The van der Waals surface area contributed by atoms with Gasteiger partial charge in [-0.25, -0.2) is 8.42 Å². The Balaban J connectivity index is 1.53. The quantitative estimate of drug-likeness (QED) is 0.488. The molecule has 2 aromatic carbocycles. The zero-order valence-corrected chi connectivity index (χ0v) is 18.0. The summed E-state index contributed by atoms with van der Waals surface area (Å²) in [5.74, 6) is 0. The smallest absolute Gasteiger partial charge is 0.384 e. The van der Waals surface area contributed by atoms with Crippen LogP contribution >= 0.6 is 0 Å². The van der Waals surface area contributed by atoms with Gasteiger partial charge in [0.1, 0.15) is 0 Å². The molecule has 0 amide bonds. The molecule has 11 heteroatoms. The number of anilines is 1. The molecule has 4 N–H and O–H groups in total. The summed E-state index contributed by atoms with van der Waals surface area (Å²) in [6.45, 7) is 1.41. The summed E-state index contributed by atoms with van der Waals surface area (Å²) in [6.07, 6.45) is -2.34. The van der Waals surface area contributed by atoms with Crippen molar-refractivity contribution < 1.29 is 26.4 Å². The van der Waals surface area contributed by atoms with Gasteiger partial charge in [0.2, 0.25) is 10.0 Å². The highest BCUT2D eigenvalue weighted by molar-refractivity contribution is 7.89. The van der Waals surface area contributed by atoms with Crippen molar-refractivity contribution in [2.45, 2.75) is 24.1 Å². The zero-order valence-electron chi connectivity index (χ0n) is 17.2. The fourth-order valence-corrected chi connectivity index (χ4v) is 4.50. The van der Waals surface area contributed by atoms with E-state index >= 15 is 0 Å². The van der Waals surface area contributed by atoms with Crippen LogP contribution in [0.5, 0.6) is 0 Å². The molecule has 0 spiro atoms. The van der Waals surface area contributed by atoms with Crippen LogP contribution in [0.4, 0.5) is 18.9 Å². The predicted molar refractivity (Wildman–Crippen MR) is 115 cm³/mol. The fourth-order valence-electron chi connectivity index (χ4n) is 3.12. The van der Waals surface area contributed by atoms with E-state index in [9.17, 15) is 21.6 Å². The second-order valence-corrected chi connectivity index (χ2v) is 9.11. The predicted octanol–water partition coefficient (Wildman–Crippen LogP) is 3.08. The van der Waals surface area contributed by atoms with Crippen LogP contribution in [-0.2, 0) is 27.6 Å². The van der Waals surface area contributed by atoms with Gasteiger partial charge in [-0.05, 0) is 48.0 Å². The second kappa shape index (κ2) is 10.3. The molecule has 0 unspecified atom stereocenters. The second-order valence-electron chi connectivity index (χ2n) is 7.17. The van der Waals surface area contributed by atoms with Gasteiger partial charge in [0.05, 0.1) is 17.1 Å². The summed E-state index contributed by atoms with van der Waals surface area (Å²) in [5.41, 5.74) is 9.24. The summed E-state index contributed by atoms with van der Waals surface area (Å²) in [5, 5.41) is 3.08. The van der Waals surface area contributed by atoms with Crippen molar-refractivity contribution in [2.75, 3.05) is 31.5 Å². The minimum Gasteiger partial charge on any atom is -0.384 e. The highest BCUT2D eigenvalue weighted by Gasteiger charge is 2.30. The molecule has 1 heterocycles. The van der Waals surface area contributed by atoms with Gasteiger partial charge in [-0.1, -0.05) is 12.1 Å². The first-order chi connectivity index (χ1) is 15.2. The molecule has 2 aromatic rings. The van der Waals surface area contributed by atoms with Gasteiger partial charge >= 0.3 is 6.18 Å². The van der Waals surface area contributed by atoms with Crippen molar-refractivity contribution in [3.8, 4) is 0 Å². The maximum atomic E-state index is 12.8. The summed E-state index contributed by atoms with van der Waals surface area (Å²) in [6, 6.07) is 11.4. The van der Waals surface area contributed by atoms with Crippen molar-refractivity contribution in [1.29, 1.82) is 0 Å². The lowest BCUT2D eigenvalue weighted by atomic mass is 10.1. The monoisotopic (exact) mass is 470 g/mol. The van der Waals surface area contributed by atoms with Gasteiger partial charge in [0.15, 0.2) is 0 Å². The molecule has 0 aliphatic carbocycles. The Kier molecular flexibility index (Phi) is 7.77. The van der Waals surface area contributed by atoms with Gasteiger partial charge in [-0.2, -0.15) is 17.5 Å². The maximum Gasteiger partial charge on any atom is 0.416 e. The van der Waals surface area contributed by atoms with E-state index in [1.165, 1.54) is 16.4 Å². The lowest BCUT2D eigenvalue weighted by Gasteiger charge is -2.26. The Morgan fingerprint density at radius 1 is 1.12 bits per heavy atom. The van der Waals surface area contributed by atoms with Crippen LogP contribution in [0.2, 0.25) is 0 Å². The van der Waals surface area contributed by atoms with E-state index in [2.05, 4.69) is 10.8 Å². The number of hydrogen-bond donors (Lipinski definition) is 3. The van der Waals surface area contributed by atoms with Gasteiger partial charge in [0, 0.05) is 44.0 Å². The number of hydrogen-bond acceptors (Lipinski definition) is 6. The average Bonchev–Trinajstić information content (AvgIpc) is 2.78. The van der Waals surface area contributed by atoms with Crippen molar-refractivity contribution in [2.24, 2.45) is 5.73 Å². The highest BCUT2D eigenvalue weighted by Crippen LogP contribution is 2.29. The summed E-state index contributed by atoms with van der Waals surface area (Å²) in [7, 11) is -3.64. The number of sulfonamides is 1. The molecule has 1 aliphatic rings. The van der Waals surface area contributed by atoms with E-state index in [1.54, 1.807) is 30.3 Å². The SMILES string of the molecule is NCCNc1ccc(S(=O)(=O)N2CC=C(NOCc3cccc(C(F)(F)F)c3)CC2)cc1. The average molecular weight is 471 g/mol. The van der Waals surface area contributed by atoms with E-state index in [0.29, 0.717) is 30.8 Å². The first-order valence-electron chi connectivity index (χ1n) is 9.97. The Bertz CT molecular complexity index is 1040. The van der Waals surface area contributed by atoms with Crippen LogP contribution in [0.25, 0.3) is 0 Å². The third kappa shape index (κ3) is 6.22. The molecule has 174 valence electrons. The Hall–Kier alpha value is -2.60. The largest absolute Gasteiger partial charge is 0.416 e. The first-order valence-corrected chi connectivity index (χ1v) is 11.4. The van der Waals surface area contributed by atoms with Crippen molar-refractivity contribution in [3.63, 3.8) is 0 Å². The summed E-state index contributed by atoms with van der Waals surface area (Å²) >= 11 is 0. The number of alkyl halides is 3. The van der Waals surface area contributed by atoms with Gasteiger partial charge in [-0.15, -0.1) is 0 Å². The maximum absolute atomic E-state index is 12.8. The molecular formula is C21H25F3N4O3S. The van der Waals surface area contributed by atoms with Crippen LogP contribution in [0.15, 0.2) is 65.2 Å². The molecule has 0 bridgehead atoms. The topological polar surface area (TPSA) is 96.7 Å². The molecule has 3 rings (SSSR count). The third-order valence-electron chi connectivity index (χ3n) is 4.83. The number of nitrogens with two attached hydrogens (primary N) is 1. The fraction of sp³-hybridized carbons (Fsp3) is 0.333. The molecule has 0 fully saturated rings. The minimum atomic E-state index is -4.41. The number of nitrogens with one attached hydrogen (secondary N) is 2. The van der Waals surface area contributed by atoms with Crippen molar-refractivity contribution in [3.05, 3.63) is 71.4 Å². The number of benzene rings is 2. The standard InChI is InChI=1S/C21H25F3N4O3S/c22-21(23,24)17-3-1-2-16(14-17)15-31-27-19-8-12-28(13-9-19)32(29,30)20-6-4-18(5-7-20)26-11-10-25/h1-8,14,26-27H,9-13,15,25H2. The van der Waals surface area contributed by atoms with Crippen LogP contribution in [0.1, 0.15) is 17.5 Å². The van der Waals surface area contributed by atoms with Gasteiger partial charge < -0.3 is 11.1 Å². The van der Waals surface area contributed by atoms with E-state index < -0.39 is 21.8 Å². The minimum absolute atomic E-state index is 0.0617.